The van der Waals surface area contributed by atoms with Crippen molar-refractivity contribution in [3.63, 3.8) is 0 Å². The van der Waals surface area contributed by atoms with Gasteiger partial charge in [-0.05, 0) is 78.6 Å². The predicted octanol–water partition coefficient (Wildman–Crippen LogP) is 5.68. The number of carbonyl (C=O) groups excluding carboxylic acids is 2. The van der Waals surface area contributed by atoms with Gasteiger partial charge in [0.1, 0.15) is 0 Å². The van der Waals surface area contributed by atoms with Crippen LogP contribution in [0, 0.1) is 0 Å². The summed E-state index contributed by atoms with van der Waals surface area (Å²) in [7, 11) is 4.72. The molecular formula is C37H44N4O6. The van der Waals surface area contributed by atoms with Crippen LogP contribution in [0.3, 0.4) is 0 Å². The number of rotatable bonds is 14. The zero-order valence-corrected chi connectivity index (χ0v) is 27.6. The second-order valence-electron chi connectivity index (χ2n) is 11.8. The Morgan fingerprint density at radius 3 is 2.51 bits per heavy atom. The van der Waals surface area contributed by atoms with E-state index in [0.29, 0.717) is 55.3 Å². The number of ether oxygens (including phenoxy) is 3. The summed E-state index contributed by atoms with van der Waals surface area (Å²) in [6.45, 7) is 2.67. The SMILES string of the molecule is COc1cc2c(c(OC)c1OC)-c1ccc(NCCCCCC(=O)NCCc3c[nH]c4ccccc34)c(=O)cc1C(NC(C)=O)CC2. The number of para-hydroxylation sites is 1. The molecule has 0 saturated carbocycles. The second kappa shape index (κ2) is 15.5. The lowest BCUT2D eigenvalue weighted by Crippen LogP contribution is -2.26. The smallest absolute Gasteiger partial charge is 0.220 e. The molecule has 0 fully saturated rings. The van der Waals surface area contributed by atoms with Gasteiger partial charge in [-0.1, -0.05) is 30.7 Å². The Kier molecular flexibility index (Phi) is 11.0. The number of aromatic amines is 1. The number of unbranched alkanes of at least 4 members (excludes halogenated alkanes) is 2. The number of carbonyl (C=O) groups is 2. The average molecular weight is 641 g/mol. The van der Waals surface area contributed by atoms with Crippen molar-refractivity contribution in [1.82, 2.24) is 15.6 Å². The summed E-state index contributed by atoms with van der Waals surface area (Å²) in [5, 5.41) is 10.5. The zero-order valence-electron chi connectivity index (χ0n) is 27.6. The Bertz CT molecular complexity index is 1800. The average Bonchev–Trinajstić information content (AvgIpc) is 3.33. The van der Waals surface area contributed by atoms with Gasteiger partial charge in [-0.2, -0.15) is 0 Å². The first-order valence-corrected chi connectivity index (χ1v) is 16.2. The topological polar surface area (TPSA) is 131 Å². The molecule has 1 aliphatic rings. The van der Waals surface area contributed by atoms with Gasteiger partial charge in [-0.15, -0.1) is 0 Å². The maximum atomic E-state index is 13.5. The van der Waals surface area contributed by atoms with Crippen LogP contribution in [0.1, 0.15) is 61.8 Å². The van der Waals surface area contributed by atoms with E-state index >= 15 is 0 Å². The van der Waals surface area contributed by atoms with E-state index in [1.54, 1.807) is 33.5 Å². The molecule has 1 aliphatic carbocycles. The highest BCUT2D eigenvalue weighted by Gasteiger charge is 2.29. The van der Waals surface area contributed by atoms with Gasteiger partial charge in [0.2, 0.25) is 23.0 Å². The summed E-state index contributed by atoms with van der Waals surface area (Å²) in [5.41, 5.74) is 5.90. The van der Waals surface area contributed by atoms with Crippen molar-refractivity contribution in [3.05, 3.63) is 81.6 Å². The standard InChI is InChI=1S/C37H44N4O6/c1-23(42)41-30-15-13-24-20-33(45-2)36(46-3)37(47-4)35(24)27-14-16-31(32(43)21-28(27)30)38-18-9-5-6-12-34(44)39-19-17-25-22-40-29-11-8-7-10-26(25)29/h7-8,10-11,14,16,20-22,30,40H,5-6,9,12-13,15,17-19H2,1-4H3,(H,38,43)(H,39,44)(H,41,42). The van der Waals surface area contributed by atoms with Gasteiger partial charge in [-0.25, -0.2) is 0 Å². The zero-order chi connectivity index (χ0) is 33.3. The molecule has 3 aromatic carbocycles. The highest BCUT2D eigenvalue weighted by atomic mass is 16.5. The second-order valence-corrected chi connectivity index (χ2v) is 11.8. The number of H-pyrrole nitrogens is 1. The molecule has 0 bridgehead atoms. The molecule has 0 saturated heterocycles. The summed E-state index contributed by atoms with van der Waals surface area (Å²) in [5.74, 6) is 1.41. The van der Waals surface area contributed by atoms with Crippen LogP contribution in [0.15, 0.2) is 59.5 Å². The minimum atomic E-state index is -0.363. The van der Waals surface area contributed by atoms with Crippen LogP contribution >= 0.6 is 0 Å². The minimum Gasteiger partial charge on any atom is -0.493 e. The monoisotopic (exact) mass is 640 g/mol. The summed E-state index contributed by atoms with van der Waals surface area (Å²) < 4.78 is 17.1. The lowest BCUT2D eigenvalue weighted by Gasteiger charge is -2.19. The lowest BCUT2D eigenvalue weighted by molar-refractivity contribution is -0.121. The first-order chi connectivity index (χ1) is 22.8. The fourth-order valence-electron chi connectivity index (χ4n) is 6.43. The summed E-state index contributed by atoms with van der Waals surface area (Å²) in [6.07, 6.45) is 6.91. The Morgan fingerprint density at radius 2 is 1.74 bits per heavy atom. The maximum absolute atomic E-state index is 13.5. The first kappa shape index (κ1) is 33.4. The molecule has 0 spiro atoms. The van der Waals surface area contributed by atoms with Crippen LogP contribution in [0.2, 0.25) is 0 Å². The number of nitrogens with one attached hydrogen (secondary N) is 4. The third-order valence-corrected chi connectivity index (χ3v) is 8.70. The molecule has 248 valence electrons. The van der Waals surface area contributed by atoms with Crippen molar-refractivity contribution >= 4 is 28.4 Å². The van der Waals surface area contributed by atoms with Crippen molar-refractivity contribution in [2.24, 2.45) is 0 Å². The number of methoxy groups -OCH3 is 3. The van der Waals surface area contributed by atoms with Crippen molar-refractivity contribution in [3.8, 4) is 28.4 Å². The van der Waals surface area contributed by atoms with E-state index in [1.807, 2.05) is 36.5 Å². The third-order valence-electron chi connectivity index (χ3n) is 8.70. The van der Waals surface area contributed by atoms with E-state index in [9.17, 15) is 14.4 Å². The van der Waals surface area contributed by atoms with Crippen molar-refractivity contribution in [2.45, 2.75) is 57.9 Å². The molecule has 47 heavy (non-hydrogen) atoms. The van der Waals surface area contributed by atoms with Gasteiger partial charge in [0.25, 0.3) is 0 Å². The third kappa shape index (κ3) is 7.70. The van der Waals surface area contributed by atoms with Gasteiger partial charge in [0.15, 0.2) is 11.5 Å². The number of hydrogen-bond donors (Lipinski definition) is 4. The molecular weight excluding hydrogens is 596 g/mol. The van der Waals surface area contributed by atoms with Crippen molar-refractivity contribution in [1.29, 1.82) is 0 Å². The number of fused-ring (bicyclic) bond motifs is 4. The highest BCUT2D eigenvalue weighted by molar-refractivity contribution is 5.84. The molecule has 0 radical (unpaired) electrons. The van der Waals surface area contributed by atoms with Gasteiger partial charge in [0, 0.05) is 49.1 Å². The normalized spacial score (nSPS) is 13.6. The highest BCUT2D eigenvalue weighted by Crippen LogP contribution is 2.50. The number of benzene rings is 2. The van der Waals surface area contributed by atoms with E-state index in [1.165, 1.54) is 17.9 Å². The number of aromatic nitrogens is 1. The Morgan fingerprint density at radius 1 is 0.936 bits per heavy atom. The maximum Gasteiger partial charge on any atom is 0.220 e. The van der Waals surface area contributed by atoms with E-state index in [0.717, 1.165) is 53.5 Å². The van der Waals surface area contributed by atoms with E-state index in [-0.39, 0.29) is 23.3 Å². The molecule has 5 rings (SSSR count). The van der Waals surface area contributed by atoms with E-state index in [2.05, 4.69) is 27.0 Å². The van der Waals surface area contributed by atoms with Crippen molar-refractivity contribution in [2.75, 3.05) is 39.7 Å². The summed E-state index contributed by atoms with van der Waals surface area (Å²) in [6, 6.07) is 15.0. The first-order valence-electron chi connectivity index (χ1n) is 16.2. The van der Waals surface area contributed by atoms with Crippen LogP contribution in [0.5, 0.6) is 17.2 Å². The van der Waals surface area contributed by atoms with Crippen LogP contribution in [0.25, 0.3) is 22.0 Å². The van der Waals surface area contributed by atoms with Gasteiger partial charge in [0.05, 0.1) is 33.1 Å². The number of anilines is 1. The van der Waals surface area contributed by atoms with Crippen LogP contribution in [-0.4, -0.2) is 51.2 Å². The molecule has 10 heteroatoms. The molecule has 1 heterocycles. The lowest BCUT2D eigenvalue weighted by atomic mass is 9.95. The molecule has 10 nitrogen and oxygen atoms in total. The molecule has 1 unspecified atom stereocenters. The van der Waals surface area contributed by atoms with Gasteiger partial charge in [-0.3, -0.25) is 14.4 Å². The van der Waals surface area contributed by atoms with Crippen molar-refractivity contribution < 1.29 is 23.8 Å². The van der Waals surface area contributed by atoms with E-state index < -0.39 is 0 Å². The molecule has 1 atom stereocenters. The van der Waals surface area contributed by atoms with Gasteiger partial charge >= 0.3 is 0 Å². The molecule has 2 amide bonds. The quantitative estimate of drug-likeness (QED) is 0.131. The van der Waals surface area contributed by atoms with Crippen LogP contribution < -0.4 is 35.6 Å². The molecule has 1 aromatic heterocycles. The Balaban J connectivity index is 1.21. The minimum absolute atomic E-state index is 0.0508. The number of aryl methyl sites for hydroxylation is 1. The van der Waals surface area contributed by atoms with Crippen LogP contribution in [0.4, 0.5) is 5.69 Å². The predicted molar refractivity (Wildman–Crippen MR) is 185 cm³/mol. The van der Waals surface area contributed by atoms with E-state index in [4.69, 9.17) is 14.2 Å². The Hall–Kier alpha value is -4.99. The number of hydrogen-bond acceptors (Lipinski definition) is 7. The number of amides is 2. The summed E-state index contributed by atoms with van der Waals surface area (Å²) in [4.78, 5) is 41.3. The fourth-order valence-corrected chi connectivity index (χ4v) is 6.43. The largest absolute Gasteiger partial charge is 0.493 e. The molecule has 4 aromatic rings. The summed E-state index contributed by atoms with van der Waals surface area (Å²) >= 11 is 0. The fraction of sp³-hybridized carbons (Fsp3) is 0.378. The van der Waals surface area contributed by atoms with Gasteiger partial charge < -0.3 is 35.1 Å². The molecule has 4 N–H and O–H groups in total. The van der Waals surface area contributed by atoms with Crippen LogP contribution in [-0.2, 0) is 22.4 Å². The Labute approximate surface area is 275 Å². The molecule has 0 aliphatic heterocycles.